The molecule has 0 unspecified atom stereocenters. The number of sulfonamides is 1. The summed E-state index contributed by atoms with van der Waals surface area (Å²) in [6.45, 7) is 3.46. The third-order valence-corrected chi connectivity index (χ3v) is 8.87. The Morgan fingerprint density at radius 2 is 1.52 bits per heavy atom. The molecule has 0 saturated heterocycles. The number of rotatable bonds is 12. The molecule has 9 heteroatoms. The van der Waals surface area contributed by atoms with Gasteiger partial charge >= 0.3 is 0 Å². The van der Waals surface area contributed by atoms with E-state index >= 15 is 0 Å². The first kappa shape index (κ1) is 31.2. The van der Waals surface area contributed by atoms with Crippen molar-refractivity contribution in [3.63, 3.8) is 0 Å². The lowest BCUT2D eigenvalue weighted by Crippen LogP contribution is -2.54. The van der Waals surface area contributed by atoms with Crippen LogP contribution in [0, 0.1) is 5.82 Å². The van der Waals surface area contributed by atoms with Gasteiger partial charge in [0, 0.05) is 19.0 Å². The van der Waals surface area contributed by atoms with Crippen LogP contribution in [0.4, 0.5) is 10.1 Å². The summed E-state index contributed by atoms with van der Waals surface area (Å²) in [7, 11) is -3.87. The van der Waals surface area contributed by atoms with Crippen molar-refractivity contribution < 1.29 is 22.4 Å². The SMILES string of the molecule is CC(C)c1ccccc1N(CC(=O)N(Cc1ccc(F)cc1)[C@H](Cc1ccccc1)C(=O)NC1CCCC1)S(C)(=O)=O. The number of anilines is 1. The third kappa shape index (κ3) is 8.18. The zero-order valence-electron chi connectivity index (χ0n) is 24.5. The largest absolute Gasteiger partial charge is 0.352 e. The van der Waals surface area contributed by atoms with Crippen molar-refractivity contribution >= 4 is 27.5 Å². The fourth-order valence-electron chi connectivity index (χ4n) is 5.51. The molecule has 1 fully saturated rings. The first-order valence-electron chi connectivity index (χ1n) is 14.5. The summed E-state index contributed by atoms with van der Waals surface area (Å²) in [6.07, 6.45) is 5.15. The van der Waals surface area contributed by atoms with Crippen LogP contribution in [-0.2, 0) is 32.6 Å². The van der Waals surface area contributed by atoms with E-state index in [9.17, 15) is 22.4 Å². The fraction of sp³-hybridized carbons (Fsp3) is 0.394. The molecular formula is C33H40FN3O4S. The number of nitrogens with zero attached hydrogens (tertiary/aromatic N) is 2. The van der Waals surface area contributed by atoms with E-state index in [1.54, 1.807) is 24.3 Å². The van der Waals surface area contributed by atoms with Gasteiger partial charge in [-0.3, -0.25) is 13.9 Å². The molecule has 1 aliphatic rings. The molecule has 0 bridgehead atoms. The van der Waals surface area contributed by atoms with E-state index in [1.807, 2.05) is 56.3 Å². The quantitative estimate of drug-likeness (QED) is 0.304. The summed E-state index contributed by atoms with van der Waals surface area (Å²) in [4.78, 5) is 29.6. The van der Waals surface area contributed by atoms with Crippen molar-refractivity contribution in [3.8, 4) is 0 Å². The molecule has 0 aliphatic heterocycles. The van der Waals surface area contributed by atoms with Crippen molar-refractivity contribution in [2.24, 2.45) is 0 Å². The van der Waals surface area contributed by atoms with Gasteiger partial charge in [0.2, 0.25) is 21.8 Å². The highest BCUT2D eigenvalue weighted by atomic mass is 32.2. The van der Waals surface area contributed by atoms with Crippen LogP contribution < -0.4 is 9.62 Å². The number of hydrogen-bond acceptors (Lipinski definition) is 4. The van der Waals surface area contributed by atoms with Crippen LogP contribution in [0.1, 0.15) is 62.1 Å². The number of carbonyl (C=O) groups is 2. The Morgan fingerprint density at radius 1 is 0.905 bits per heavy atom. The Kier molecular flexibility index (Phi) is 10.4. The fourth-order valence-corrected chi connectivity index (χ4v) is 6.37. The second kappa shape index (κ2) is 14.0. The summed E-state index contributed by atoms with van der Waals surface area (Å²) >= 11 is 0. The summed E-state index contributed by atoms with van der Waals surface area (Å²) in [6, 6.07) is 21.5. The average molecular weight is 594 g/mol. The topological polar surface area (TPSA) is 86.8 Å². The van der Waals surface area contributed by atoms with Gasteiger partial charge in [0.1, 0.15) is 18.4 Å². The van der Waals surface area contributed by atoms with Gasteiger partial charge in [-0.1, -0.05) is 87.4 Å². The number of halogens is 1. The maximum atomic E-state index is 14.3. The van der Waals surface area contributed by atoms with Crippen LogP contribution >= 0.6 is 0 Å². The predicted octanol–water partition coefficient (Wildman–Crippen LogP) is 5.41. The highest BCUT2D eigenvalue weighted by Crippen LogP contribution is 2.29. The smallest absolute Gasteiger partial charge is 0.244 e. The Morgan fingerprint density at radius 3 is 2.14 bits per heavy atom. The van der Waals surface area contributed by atoms with E-state index < -0.39 is 34.3 Å². The van der Waals surface area contributed by atoms with Gasteiger partial charge in [-0.15, -0.1) is 0 Å². The molecule has 0 heterocycles. The van der Waals surface area contributed by atoms with E-state index in [4.69, 9.17) is 0 Å². The van der Waals surface area contributed by atoms with Gasteiger partial charge in [0.15, 0.2) is 0 Å². The highest BCUT2D eigenvalue weighted by Gasteiger charge is 2.34. The van der Waals surface area contributed by atoms with Crippen LogP contribution in [0.15, 0.2) is 78.9 Å². The molecule has 42 heavy (non-hydrogen) atoms. The van der Waals surface area contributed by atoms with E-state index in [1.165, 1.54) is 17.0 Å². The molecule has 7 nitrogen and oxygen atoms in total. The number of hydrogen-bond donors (Lipinski definition) is 1. The molecule has 4 rings (SSSR count). The Bertz CT molecular complexity index is 1460. The molecule has 224 valence electrons. The molecule has 0 spiro atoms. The Labute approximate surface area is 248 Å². The minimum absolute atomic E-state index is 0.0120. The molecule has 1 saturated carbocycles. The minimum Gasteiger partial charge on any atom is -0.352 e. The zero-order chi connectivity index (χ0) is 30.3. The van der Waals surface area contributed by atoms with E-state index in [-0.39, 0.29) is 30.8 Å². The van der Waals surface area contributed by atoms with Gasteiger partial charge in [0.25, 0.3) is 0 Å². The number of amides is 2. The highest BCUT2D eigenvalue weighted by molar-refractivity contribution is 7.92. The summed E-state index contributed by atoms with van der Waals surface area (Å²) < 4.78 is 41.1. The zero-order valence-corrected chi connectivity index (χ0v) is 25.3. The molecular weight excluding hydrogens is 553 g/mol. The van der Waals surface area contributed by atoms with Crippen molar-refractivity contribution in [2.45, 2.75) is 70.5 Å². The maximum Gasteiger partial charge on any atom is 0.244 e. The Hall–Kier alpha value is -3.72. The summed E-state index contributed by atoms with van der Waals surface area (Å²) in [5.74, 6) is -1.20. The monoisotopic (exact) mass is 593 g/mol. The predicted molar refractivity (Wildman–Crippen MR) is 164 cm³/mol. The molecule has 3 aromatic rings. The maximum absolute atomic E-state index is 14.3. The second-order valence-electron chi connectivity index (χ2n) is 11.3. The molecule has 0 aromatic heterocycles. The van der Waals surface area contributed by atoms with E-state index in [2.05, 4.69) is 5.32 Å². The van der Waals surface area contributed by atoms with Crippen LogP contribution in [0.3, 0.4) is 0 Å². The van der Waals surface area contributed by atoms with Crippen LogP contribution in [0.25, 0.3) is 0 Å². The number of para-hydroxylation sites is 1. The number of benzene rings is 3. The first-order chi connectivity index (χ1) is 20.0. The van der Waals surface area contributed by atoms with Crippen molar-refractivity contribution in [1.82, 2.24) is 10.2 Å². The van der Waals surface area contributed by atoms with Crippen molar-refractivity contribution in [2.75, 3.05) is 17.1 Å². The van der Waals surface area contributed by atoms with Crippen LogP contribution in [-0.4, -0.2) is 50.0 Å². The molecule has 3 aromatic carbocycles. The lowest BCUT2D eigenvalue weighted by Gasteiger charge is -2.34. The van der Waals surface area contributed by atoms with E-state index in [0.29, 0.717) is 11.3 Å². The summed E-state index contributed by atoms with van der Waals surface area (Å²) in [5, 5.41) is 3.14. The minimum atomic E-state index is -3.87. The average Bonchev–Trinajstić information content (AvgIpc) is 3.47. The Balaban J connectivity index is 1.75. The van der Waals surface area contributed by atoms with Crippen LogP contribution in [0.2, 0.25) is 0 Å². The van der Waals surface area contributed by atoms with Gasteiger partial charge in [-0.25, -0.2) is 12.8 Å². The number of carbonyl (C=O) groups excluding carboxylic acids is 2. The van der Waals surface area contributed by atoms with Crippen molar-refractivity contribution in [1.29, 1.82) is 0 Å². The number of nitrogens with one attached hydrogen (secondary N) is 1. The standard InChI is InChI=1S/C33H40FN3O4S/c1-24(2)29-15-9-10-16-30(29)37(42(3,40)41)23-32(38)36(22-26-17-19-27(34)20-18-26)31(21-25-11-5-4-6-12-25)33(39)35-28-13-7-8-14-28/h4-6,9-12,15-20,24,28,31H,7-8,13-14,21-23H2,1-3H3,(H,35,39)/t31-/m1/s1. The lowest BCUT2D eigenvalue weighted by molar-refractivity contribution is -0.140. The molecule has 1 atom stereocenters. The van der Waals surface area contributed by atoms with Crippen molar-refractivity contribution in [3.05, 3.63) is 101 Å². The van der Waals surface area contributed by atoms with Gasteiger partial charge < -0.3 is 10.2 Å². The molecule has 1 aliphatic carbocycles. The van der Waals surface area contributed by atoms with E-state index in [0.717, 1.165) is 47.4 Å². The van der Waals surface area contributed by atoms with Gasteiger partial charge in [-0.2, -0.15) is 0 Å². The lowest BCUT2D eigenvalue weighted by atomic mass is 10.0. The molecule has 1 N–H and O–H groups in total. The van der Waals surface area contributed by atoms with Gasteiger partial charge in [0.05, 0.1) is 11.9 Å². The third-order valence-electron chi connectivity index (χ3n) is 7.75. The summed E-state index contributed by atoms with van der Waals surface area (Å²) in [5.41, 5.74) is 2.72. The normalized spacial score (nSPS) is 14.5. The second-order valence-corrected chi connectivity index (χ2v) is 13.2. The molecule has 0 radical (unpaired) electrons. The molecule has 2 amide bonds. The van der Waals surface area contributed by atoms with Gasteiger partial charge in [-0.05, 0) is 53.6 Å². The first-order valence-corrected chi connectivity index (χ1v) is 16.3. The van der Waals surface area contributed by atoms with Crippen LogP contribution in [0.5, 0.6) is 0 Å².